The lowest BCUT2D eigenvalue weighted by molar-refractivity contribution is 0.106. The molecule has 0 aliphatic heterocycles. The van der Waals surface area contributed by atoms with Gasteiger partial charge in [-0.3, -0.25) is 4.79 Å². The quantitative estimate of drug-likeness (QED) is 0.409. The van der Waals surface area contributed by atoms with E-state index in [1.807, 2.05) is 0 Å². The molecule has 0 radical (unpaired) electrons. The van der Waals surface area contributed by atoms with Gasteiger partial charge in [0.15, 0.2) is 0 Å². The van der Waals surface area contributed by atoms with Gasteiger partial charge in [-0.05, 0) is 0 Å². The third-order valence-corrected chi connectivity index (χ3v) is 1.54. The fraction of sp³-hybridized carbons (Fsp3) is 0.100. The van der Waals surface area contributed by atoms with Crippen molar-refractivity contribution in [1.29, 1.82) is 5.26 Å². The Labute approximate surface area is 81.4 Å². The van der Waals surface area contributed by atoms with Gasteiger partial charge >= 0.3 is 0 Å². The summed E-state index contributed by atoms with van der Waals surface area (Å²) in [6.45, 7) is 0. The predicted molar refractivity (Wildman–Crippen MR) is 50.8 cm³/mol. The van der Waals surface area contributed by atoms with E-state index in [0.29, 0.717) is 5.56 Å². The van der Waals surface area contributed by atoms with Crippen molar-refractivity contribution in [3.8, 4) is 6.07 Å². The van der Waals surface area contributed by atoms with Gasteiger partial charge in [-0.25, -0.2) is 0 Å². The van der Waals surface area contributed by atoms with Crippen LogP contribution >= 0.6 is 0 Å². The van der Waals surface area contributed by atoms with Gasteiger partial charge < -0.3 is 4.84 Å². The topological polar surface area (TPSA) is 62.4 Å². The van der Waals surface area contributed by atoms with E-state index in [4.69, 9.17) is 5.26 Å². The molecule has 4 nitrogen and oxygen atoms in total. The molecule has 0 saturated heterocycles. The molecule has 0 amide bonds. The Balaban J connectivity index is 2.97. The van der Waals surface area contributed by atoms with Crippen molar-refractivity contribution in [2.24, 2.45) is 5.16 Å². The summed E-state index contributed by atoms with van der Waals surface area (Å²) in [6.07, 6.45) is 0. The first-order valence-corrected chi connectivity index (χ1v) is 3.90. The number of Topliss-reactive ketones (excluding diaryl/α,β-unsaturated/α-hetero) is 1. The number of rotatable bonds is 3. The molecule has 0 saturated carbocycles. The first kappa shape index (κ1) is 9.93. The van der Waals surface area contributed by atoms with Crippen LogP contribution in [0.15, 0.2) is 35.5 Å². The molecule has 0 fully saturated rings. The van der Waals surface area contributed by atoms with E-state index in [9.17, 15) is 4.79 Å². The van der Waals surface area contributed by atoms with E-state index in [2.05, 4.69) is 9.99 Å². The fourth-order valence-electron chi connectivity index (χ4n) is 0.930. The molecule has 0 aliphatic rings. The van der Waals surface area contributed by atoms with E-state index in [-0.39, 0.29) is 5.71 Å². The lowest BCUT2D eigenvalue weighted by atomic mass is 10.1. The van der Waals surface area contributed by atoms with Gasteiger partial charge in [0.1, 0.15) is 13.2 Å². The highest BCUT2D eigenvalue weighted by Gasteiger charge is 2.13. The molecule has 70 valence electrons. The second-order valence-electron chi connectivity index (χ2n) is 2.43. The number of oxime groups is 1. The molecular formula is C10H8N2O2. The maximum Gasteiger partial charge on any atom is 0.227 e. The van der Waals surface area contributed by atoms with Gasteiger partial charge in [0, 0.05) is 5.56 Å². The van der Waals surface area contributed by atoms with Crippen LogP contribution in [-0.2, 0) is 4.84 Å². The van der Waals surface area contributed by atoms with Crippen LogP contribution in [-0.4, -0.2) is 18.6 Å². The molecule has 1 aromatic carbocycles. The lowest BCUT2D eigenvalue weighted by Gasteiger charge is -1.96. The summed E-state index contributed by atoms with van der Waals surface area (Å²) >= 11 is 0. The number of ketones is 1. The molecule has 0 heterocycles. The Morgan fingerprint density at radius 1 is 1.43 bits per heavy atom. The normalized spacial score (nSPS) is 10.4. The molecular weight excluding hydrogens is 180 g/mol. The summed E-state index contributed by atoms with van der Waals surface area (Å²) in [5.74, 6) is -0.435. The zero-order chi connectivity index (χ0) is 10.4. The number of hydrogen-bond acceptors (Lipinski definition) is 4. The van der Waals surface area contributed by atoms with Gasteiger partial charge in [-0.15, -0.1) is 0 Å². The standard InChI is InChI=1S/C10H8N2O2/c1-14-12-9(7-11)10(13)8-5-3-2-4-6-8/h2-6H,1H3/b12-9+. The Hall–Kier alpha value is -2.15. The molecule has 0 aromatic heterocycles. The monoisotopic (exact) mass is 188 g/mol. The maximum atomic E-state index is 11.5. The van der Waals surface area contributed by atoms with E-state index in [0.717, 1.165) is 0 Å². The molecule has 0 aliphatic carbocycles. The summed E-state index contributed by atoms with van der Waals surface area (Å²) in [7, 11) is 1.29. The predicted octanol–water partition coefficient (Wildman–Crippen LogP) is 1.40. The molecule has 0 bridgehead atoms. The van der Waals surface area contributed by atoms with Crippen LogP contribution in [0.3, 0.4) is 0 Å². The van der Waals surface area contributed by atoms with Crippen molar-refractivity contribution in [3.63, 3.8) is 0 Å². The van der Waals surface area contributed by atoms with E-state index in [1.165, 1.54) is 7.11 Å². The Morgan fingerprint density at radius 3 is 2.57 bits per heavy atom. The second-order valence-corrected chi connectivity index (χ2v) is 2.43. The van der Waals surface area contributed by atoms with Crippen molar-refractivity contribution >= 4 is 11.5 Å². The van der Waals surface area contributed by atoms with Crippen molar-refractivity contribution in [3.05, 3.63) is 35.9 Å². The number of nitrogens with zero attached hydrogens (tertiary/aromatic N) is 2. The molecule has 4 heteroatoms. The number of hydrogen-bond donors (Lipinski definition) is 0. The minimum Gasteiger partial charge on any atom is -0.398 e. The van der Waals surface area contributed by atoms with Crippen LogP contribution in [0.25, 0.3) is 0 Å². The van der Waals surface area contributed by atoms with Crippen molar-refractivity contribution < 1.29 is 9.63 Å². The molecule has 1 rings (SSSR count). The molecule has 0 atom stereocenters. The SMILES string of the molecule is CO/N=C(\C#N)C(=O)c1ccccc1. The minimum atomic E-state index is -0.435. The average Bonchev–Trinajstić information content (AvgIpc) is 2.26. The average molecular weight is 188 g/mol. The first-order valence-electron chi connectivity index (χ1n) is 3.90. The van der Waals surface area contributed by atoms with Crippen LogP contribution < -0.4 is 0 Å². The van der Waals surface area contributed by atoms with Crippen LogP contribution in [0.4, 0.5) is 0 Å². The summed E-state index contributed by atoms with van der Waals surface area (Å²) in [4.78, 5) is 15.9. The molecule has 0 spiro atoms. The van der Waals surface area contributed by atoms with Gasteiger partial charge in [-0.2, -0.15) is 5.26 Å². The Kier molecular flexibility index (Phi) is 3.39. The van der Waals surface area contributed by atoms with Crippen molar-refractivity contribution in [2.45, 2.75) is 0 Å². The molecule has 14 heavy (non-hydrogen) atoms. The van der Waals surface area contributed by atoms with Crippen LogP contribution in [0.2, 0.25) is 0 Å². The number of carbonyl (C=O) groups excluding carboxylic acids is 1. The molecule has 1 aromatic rings. The highest BCUT2D eigenvalue weighted by molar-refractivity contribution is 6.51. The highest BCUT2D eigenvalue weighted by atomic mass is 16.6. The molecule has 0 unspecified atom stereocenters. The van der Waals surface area contributed by atoms with Crippen molar-refractivity contribution in [2.75, 3.05) is 7.11 Å². The Bertz CT molecular complexity index is 390. The van der Waals surface area contributed by atoms with Gasteiger partial charge in [0.25, 0.3) is 0 Å². The smallest absolute Gasteiger partial charge is 0.227 e. The van der Waals surface area contributed by atoms with Crippen molar-refractivity contribution in [1.82, 2.24) is 0 Å². The molecule has 0 N–H and O–H groups in total. The number of benzene rings is 1. The van der Waals surface area contributed by atoms with Gasteiger partial charge in [0.05, 0.1) is 0 Å². The zero-order valence-corrected chi connectivity index (χ0v) is 7.60. The number of nitriles is 1. The van der Waals surface area contributed by atoms with E-state index < -0.39 is 5.78 Å². The summed E-state index contributed by atoms with van der Waals surface area (Å²) in [5, 5.41) is 11.9. The summed E-state index contributed by atoms with van der Waals surface area (Å²) < 4.78 is 0. The third kappa shape index (κ3) is 2.17. The second kappa shape index (κ2) is 4.77. The summed E-state index contributed by atoms with van der Waals surface area (Å²) in [6, 6.07) is 10.1. The third-order valence-electron chi connectivity index (χ3n) is 1.54. The van der Waals surface area contributed by atoms with Gasteiger partial charge in [0.2, 0.25) is 11.5 Å². The summed E-state index contributed by atoms with van der Waals surface area (Å²) in [5.41, 5.74) is 0.170. The van der Waals surface area contributed by atoms with Crippen LogP contribution in [0, 0.1) is 11.3 Å². The van der Waals surface area contributed by atoms with E-state index in [1.54, 1.807) is 36.4 Å². The van der Waals surface area contributed by atoms with E-state index >= 15 is 0 Å². The zero-order valence-electron chi connectivity index (χ0n) is 7.60. The lowest BCUT2D eigenvalue weighted by Crippen LogP contribution is -2.12. The largest absolute Gasteiger partial charge is 0.398 e. The number of carbonyl (C=O) groups is 1. The maximum absolute atomic E-state index is 11.5. The Morgan fingerprint density at radius 2 is 2.07 bits per heavy atom. The first-order chi connectivity index (χ1) is 6.79. The van der Waals surface area contributed by atoms with Gasteiger partial charge in [-0.1, -0.05) is 35.5 Å². The minimum absolute atomic E-state index is 0.251. The van der Waals surface area contributed by atoms with Crippen LogP contribution in [0.5, 0.6) is 0 Å². The highest BCUT2D eigenvalue weighted by Crippen LogP contribution is 2.01. The fourth-order valence-corrected chi connectivity index (χ4v) is 0.930. The van der Waals surface area contributed by atoms with Crippen LogP contribution in [0.1, 0.15) is 10.4 Å².